The Kier molecular flexibility index (Phi) is 6.32. The summed E-state index contributed by atoms with van der Waals surface area (Å²) in [5.74, 6) is -1.83. The van der Waals surface area contributed by atoms with Crippen molar-refractivity contribution in [3.8, 4) is 0 Å². The number of ether oxygens (including phenoxy) is 1. The molecule has 2 N–H and O–H groups in total. The van der Waals surface area contributed by atoms with Crippen LogP contribution in [0.2, 0.25) is 0 Å². The highest BCUT2D eigenvalue weighted by Crippen LogP contribution is 2.15. The fraction of sp³-hybridized carbons (Fsp3) is 0.727. The van der Waals surface area contributed by atoms with Gasteiger partial charge in [0.2, 0.25) is 0 Å². The second-order valence-corrected chi connectivity index (χ2v) is 4.46. The van der Waals surface area contributed by atoms with Crippen molar-refractivity contribution in [3.05, 3.63) is 0 Å². The molecule has 0 atom stereocenters. The lowest BCUT2D eigenvalue weighted by atomic mass is 10.0. The van der Waals surface area contributed by atoms with Gasteiger partial charge < -0.3 is 14.7 Å². The highest BCUT2D eigenvalue weighted by atomic mass is 16.5. The van der Waals surface area contributed by atoms with E-state index >= 15 is 0 Å². The summed E-state index contributed by atoms with van der Waals surface area (Å²) in [4.78, 5) is 34.5. The first-order chi connectivity index (χ1) is 8.20. The maximum Gasteiger partial charge on any atom is 0.329 e. The lowest BCUT2D eigenvalue weighted by molar-refractivity contribution is -0.143. The Balaban J connectivity index is 4.15. The minimum absolute atomic E-state index is 0.369. The van der Waals surface area contributed by atoms with Crippen LogP contribution >= 0.6 is 0 Å². The zero-order chi connectivity index (χ0) is 14.3. The Morgan fingerprint density at radius 1 is 1.28 bits per heavy atom. The van der Waals surface area contributed by atoms with Crippen LogP contribution in [0.15, 0.2) is 0 Å². The number of hydrogen-bond donors (Lipinski definition) is 2. The molecule has 0 unspecified atom stereocenters. The van der Waals surface area contributed by atoms with Gasteiger partial charge in [0.05, 0.1) is 0 Å². The summed E-state index contributed by atoms with van der Waals surface area (Å²) in [6, 6.07) is -0.536. The van der Waals surface area contributed by atoms with Crippen molar-refractivity contribution in [2.45, 2.75) is 32.7 Å². The number of imide groups is 1. The zero-order valence-electron chi connectivity index (χ0n) is 11.1. The largest absolute Gasteiger partial charge is 0.480 e. The fourth-order valence-corrected chi connectivity index (χ4v) is 0.982. The van der Waals surface area contributed by atoms with Crippen LogP contribution < -0.4 is 5.32 Å². The second kappa shape index (κ2) is 6.95. The summed E-state index contributed by atoms with van der Waals surface area (Å²) in [5.41, 5.74) is -0.369. The number of hydrogen-bond acceptors (Lipinski definition) is 4. The first-order valence-corrected chi connectivity index (χ1v) is 5.58. The molecule has 7 heteroatoms. The van der Waals surface area contributed by atoms with E-state index in [9.17, 15) is 14.4 Å². The van der Waals surface area contributed by atoms with Crippen LogP contribution in [0.3, 0.4) is 0 Å². The molecule has 0 aromatic heterocycles. The molecule has 0 fully saturated rings. The third-order valence-corrected chi connectivity index (χ3v) is 2.78. The van der Waals surface area contributed by atoms with Crippen LogP contribution in [-0.4, -0.2) is 53.7 Å². The molecule has 0 saturated heterocycles. The molecular formula is C11H20N2O5. The molecule has 0 aliphatic heterocycles. The Morgan fingerprint density at radius 2 is 1.83 bits per heavy atom. The Bertz CT molecular complexity index is 327. The normalized spacial score (nSPS) is 10.9. The number of carboxylic acids is 1. The molecular weight excluding hydrogens is 240 g/mol. The second-order valence-electron chi connectivity index (χ2n) is 4.46. The molecule has 0 aliphatic carbocycles. The number of aliphatic carboxylic acids is 1. The lowest BCUT2D eigenvalue weighted by Crippen LogP contribution is -2.51. The number of carbonyl (C=O) groups is 3. The molecule has 0 aromatic carbocycles. The highest BCUT2D eigenvalue weighted by Gasteiger charge is 2.26. The van der Waals surface area contributed by atoms with Gasteiger partial charge >= 0.3 is 12.0 Å². The van der Waals surface area contributed by atoms with Gasteiger partial charge in [-0.25, -0.2) is 9.59 Å². The standard InChI is InChI=1S/C11H20N2O5/c1-5-11(2,3)13(4)10(17)12-8(14)6-18-7-9(15)16/h5-7H2,1-4H3,(H,15,16)(H,12,14,17). The number of nitrogens with one attached hydrogen (secondary N) is 1. The lowest BCUT2D eigenvalue weighted by Gasteiger charge is -2.34. The van der Waals surface area contributed by atoms with Crippen molar-refractivity contribution in [2.24, 2.45) is 0 Å². The van der Waals surface area contributed by atoms with Crippen molar-refractivity contribution in [3.63, 3.8) is 0 Å². The highest BCUT2D eigenvalue weighted by molar-refractivity contribution is 5.95. The summed E-state index contributed by atoms with van der Waals surface area (Å²) in [6.45, 7) is 4.65. The first-order valence-electron chi connectivity index (χ1n) is 5.58. The average molecular weight is 260 g/mol. The van der Waals surface area contributed by atoms with Crippen molar-refractivity contribution in [1.82, 2.24) is 10.2 Å². The predicted octanol–water partition coefficient (Wildman–Crippen LogP) is 0.444. The number of urea groups is 1. The topological polar surface area (TPSA) is 95.9 Å². The molecule has 0 spiro atoms. The Labute approximate surface area is 106 Å². The van der Waals surface area contributed by atoms with Crippen LogP contribution in [0.1, 0.15) is 27.2 Å². The van der Waals surface area contributed by atoms with Crippen LogP contribution in [0.4, 0.5) is 4.79 Å². The van der Waals surface area contributed by atoms with Crippen molar-refractivity contribution >= 4 is 17.9 Å². The maximum absolute atomic E-state index is 11.7. The third kappa shape index (κ3) is 5.62. The monoisotopic (exact) mass is 260 g/mol. The van der Waals surface area contributed by atoms with E-state index in [2.05, 4.69) is 10.1 Å². The molecule has 0 radical (unpaired) electrons. The van der Waals surface area contributed by atoms with Gasteiger partial charge in [0.25, 0.3) is 5.91 Å². The average Bonchev–Trinajstić information content (AvgIpc) is 2.27. The van der Waals surface area contributed by atoms with Gasteiger partial charge in [-0.05, 0) is 20.3 Å². The minimum atomic E-state index is -1.17. The van der Waals surface area contributed by atoms with Crippen molar-refractivity contribution in [1.29, 1.82) is 0 Å². The molecule has 0 aromatic rings. The molecule has 0 heterocycles. The van der Waals surface area contributed by atoms with Gasteiger partial charge in [-0.3, -0.25) is 10.1 Å². The van der Waals surface area contributed by atoms with E-state index in [1.165, 1.54) is 4.90 Å². The summed E-state index contributed by atoms with van der Waals surface area (Å²) < 4.78 is 4.57. The smallest absolute Gasteiger partial charge is 0.329 e. The van der Waals surface area contributed by atoms with E-state index in [-0.39, 0.29) is 5.54 Å². The molecule has 0 bridgehead atoms. The van der Waals surface area contributed by atoms with Crippen molar-refractivity contribution < 1.29 is 24.2 Å². The molecule has 7 nitrogen and oxygen atoms in total. The van der Waals surface area contributed by atoms with E-state index in [4.69, 9.17) is 5.11 Å². The Hall–Kier alpha value is -1.63. The van der Waals surface area contributed by atoms with Crippen LogP contribution in [0, 0.1) is 0 Å². The first kappa shape index (κ1) is 16.4. The molecule has 18 heavy (non-hydrogen) atoms. The molecule has 104 valence electrons. The van der Waals surface area contributed by atoms with E-state index in [0.29, 0.717) is 0 Å². The summed E-state index contributed by atoms with van der Waals surface area (Å²) >= 11 is 0. The zero-order valence-corrected chi connectivity index (χ0v) is 11.1. The molecule has 0 aliphatic rings. The number of nitrogens with zero attached hydrogens (tertiary/aromatic N) is 1. The van der Waals surface area contributed by atoms with Crippen LogP contribution in [-0.2, 0) is 14.3 Å². The summed E-state index contributed by atoms with van der Waals surface area (Å²) in [5, 5.41) is 10.4. The number of amides is 3. The maximum atomic E-state index is 11.7. The third-order valence-electron chi connectivity index (χ3n) is 2.78. The number of carbonyl (C=O) groups excluding carboxylic acids is 2. The molecule has 3 amide bonds. The van der Waals surface area contributed by atoms with E-state index in [0.717, 1.165) is 6.42 Å². The molecule has 0 saturated carbocycles. The predicted molar refractivity (Wildman–Crippen MR) is 64.1 cm³/mol. The fourth-order valence-electron chi connectivity index (χ4n) is 0.982. The SMILES string of the molecule is CCC(C)(C)N(C)C(=O)NC(=O)COCC(=O)O. The van der Waals surface area contributed by atoms with Gasteiger partial charge in [0, 0.05) is 12.6 Å². The van der Waals surface area contributed by atoms with E-state index in [1.807, 2.05) is 20.8 Å². The quantitative estimate of drug-likeness (QED) is 0.722. The van der Waals surface area contributed by atoms with Gasteiger partial charge in [-0.2, -0.15) is 0 Å². The van der Waals surface area contributed by atoms with Gasteiger partial charge in [0.15, 0.2) is 0 Å². The number of carboxylic acid groups (broad SMARTS) is 1. The van der Waals surface area contributed by atoms with Gasteiger partial charge in [-0.15, -0.1) is 0 Å². The van der Waals surface area contributed by atoms with Gasteiger partial charge in [-0.1, -0.05) is 6.92 Å². The van der Waals surface area contributed by atoms with E-state index in [1.54, 1.807) is 7.05 Å². The van der Waals surface area contributed by atoms with Crippen molar-refractivity contribution in [2.75, 3.05) is 20.3 Å². The van der Waals surface area contributed by atoms with Crippen LogP contribution in [0.25, 0.3) is 0 Å². The minimum Gasteiger partial charge on any atom is -0.480 e. The van der Waals surface area contributed by atoms with E-state index < -0.39 is 31.1 Å². The summed E-state index contributed by atoms with van der Waals surface area (Å²) in [6.07, 6.45) is 0.737. The Morgan fingerprint density at radius 3 is 2.28 bits per heavy atom. The van der Waals surface area contributed by atoms with Crippen LogP contribution in [0.5, 0.6) is 0 Å². The van der Waals surface area contributed by atoms with Gasteiger partial charge in [0.1, 0.15) is 13.2 Å². The summed E-state index contributed by atoms with van der Waals surface area (Å²) in [7, 11) is 1.59. The number of rotatable bonds is 6. The molecule has 0 rings (SSSR count).